The van der Waals surface area contributed by atoms with Crippen LogP contribution >= 0.6 is 0 Å². The van der Waals surface area contributed by atoms with E-state index in [0.29, 0.717) is 16.9 Å². The maximum Gasteiger partial charge on any atom is 0.340 e. The maximum absolute atomic E-state index is 13.9. The molecule has 138 valence electrons. The van der Waals surface area contributed by atoms with Gasteiger partial charge in [0, 0.05) is 0 Å². The van der Waals surface area contributed by atoms with Gasteiger partial charge in [-0.05, 0) is 50.2 Å². The monoisotopic (exact) mass is 368 g/mol. The fourth-order valence-electron chi connectivity index (χ4n) is 2.66. The molecule has 3 aromatic rings. The highest BCUT2D eigenvalue weighted by atomic mass is 19.1. The number of carbonyl (C=O) groups is 1. The average Bonchev–Trinajstić information content (AvgIpc) is 2.64. The molecule has 0 amide bonds. The van der Waals surface area contributed by atoms with Crippen molar-refractivity contribution in [1.82, 2.24) is 4.98 Å². The lowest BCUT2D eigenvalue weighted by Gasteiger charge is -2.12. The largest absolute Gasteiger partial charge is 0.462 e. The Morgan fingerprint density at radius 2 is 1.85 bits per heavy atom. The van der Waals surface area contributed by atoms with Crippen molar-refractivity contribution in [3.05, 3.63) is 77.5 Å². The third-order valence-electron chi connectivity index (χ3n) is 3.93. The molecule has 0 aliphatic heterocycles. The van der Waals surface area contributed by atoms with Crippen LogP contribution in [-0.4, -0.2) is 17.6 Å². The standard InChI is InChI=1S/C21H18F2N2O2/c1-3-27-21(26)15-11-13(2)7-9-18(15)25-14-8-10-19(24-12-14)20-16(22)5-4-6-17(20)23/h4-12,25H,3H2,1-2H3. The zero-order chi connectivity index (χ0) is 19.4. The average molecular weight is 368 g/mol. The van der Waals surface area contributed by atoms with Crippen LogP contribution < -0.4 is 5.32 Å². The summed E-state index contributed by atoms with van der Waals surface area (Å²) >= 11 is 0. The number of aryl methyl sites for hydroxylation is 1. The van der Waals surface area contributed by atoms with E-state index < -0.39 is 17.6 Å². The second-order valence-electron chi connectivity index (χ2n) is 5.92. The van der Waals surface area contributed by atoms with E-state index in [2.05, 4.69) is 10.3 Å². The van der Waals surface area contributed by atoms with Crippen molar-refractivity contribution in [2.45, 2.75) is 13.8 Å². The Morgan fingerprint density at radius 1 is 1.11 bits per heavy atom. The van der Waals surface area contributed by atoms with Gasteiger partial charge in [-0.3, -0.25) is 4.98 Å². The van der Waals surface area contributed by atoms with Crippen molar-refractivity contribution in [3.63, 3.8) is 0 Å². The van der Waals surface area contributed by atoms with Crippen molar-refractivity contribution in [1.29, 1.82) is 0 Å². The van der Waals surface area contributed by atoms with Crippen LogP contribution in [0.25, 0.3) is 11.3 Å². The summed E-state index contributed by atoms with van der Waals surface area (Å²) in [6.45, 7) is 3.90. The lowest BCUT2D eigenvalue weighted by Crippen LogP contribution is -2.08. The molecule has 0 saturated heterocycles. The van der Waals surface area contributed by atoms with Crippen LogP contribution in [0, 0.1) is 18.6 Å². The Hall–Kier alpha value is -3.28. The van der Waals surface area contributed by atoms with Crippen molar-refractivity contribution in [3.8, 4) is 11.3 Å². The molecule has 0 unspecified atom stereocenters. The Kier molecular flexibility index (Phi) is 5.45. The quantitative estimate of drug-likeness (QED) is 0.625. The molecule has 0 aliphatic carbocycles. The molecule has 1 heterocycles. The number of ether oxygens (including phenoxy) is 1. The first kappa shape index (κ1) is 18.5. The highest BCUT2D eigenvalue weighted by Crippen LogP contribution is 2.27. The minimum atomic E-state index is -0.675. The van der Waals surface area contributed by atoms with E-state index in [1.54, 1.807) is 25.1 Å². The number of carbonyl (C=O) groups excluding carboxylic acids is 1. The van der Waals surface area contributed by atoms with Crippen molar-refractivity contribution >= 4 is 17.3 Å². The number of anilines is 2. The zero-order valence-corrected chi connectivity index (χ0v) is 14.9. The van der Waals surface area contributed by atoms with Crippen LogP contribution in [0.3, 0.4) is 0 Å². The molecular formula is C21H18F2N2O2. The first-order chi connectivity index (χ1) is 13.0. The predicted octanol–water partition coefficient (Wildman–Crippen LogP) is 5.26. The van der Waals surface area contributed by atoms with E-state index in [4.69, 9.17) is 4.74 Å². The lowest BCUT2D eigenvalue weighted by atomic mass is 10.1. The maximum atomic E-state index is 13.9. The summed E-state index contributed by atoms with van der Waals surface area (Å²) in [4.78, 5) is 16.3. The summed E-state index contributed by atoms with van der Waals surface area (Å²) in [5.74, 6) is -1.78. The Bertz CT molecular complexity index is 952. The van der Waals surface area contributed by atoms with Crippen LogP contribution in [0.4, 0.5) is 20.2 Å². The number of nitrogens with zero attached hydrogens (tertiary/aromatic N) is 1. The topological polar surface area (TPSA) is 51.2 Å². The first-order valence-corrected chi connectivity index (χ1v) is 8.45. The van der Waals surface area contributed by atoms with Gasteiger partial charge in [0.1, 0.15) is 11.6 Å². The lowest BCUT2D eigenvalue weighted by molar-refractivity contribution is 0.0527. The van der Waals surface area contributed by atoms with Gasteiger partial charge in [0.2, 0.25) is 0 Å². The number of aromatic nitrogens is 1. The van der Waals surface area contributed by atoms with Gasteiger partial charge in [-0.2, -0.15) is 0 Å². The summed E-state index contributed by atoms with van der Waals surface area (Å²) in [6.07, 6.45) is 1.45. The molecule has 0 aliphatic rings. The molecule has 0 radical (unpaired) electrons. The molecular weight excluding hydrogens is 350 g/mol. The molecule has 0 bridgehead atoms. The van der Waals surface area contributed by atoms with E-state index in [9.17, 15) is 13.6 Å². The van der Waals surface area contributed by atoms with E-state index in [1.807, 2.05) is 13.0 Å². The number of hydrogen-bond acceptors (Lipinski definition) is 4. The highest BCUT2D eigenvalue weighted by molar-refractivity contribution is 5.96. The molecule has 0 spiro atoms. The molecule has 3 rings (SSSR count). The van der Waals surface area contributed by atoms with E-state index in [1.165, 1.54) is 30.5 Å². The van der Waals surface area contributed by atoms with Crippen LogP contribution in [0.1, 0.15) is 22.8 Å². The van der Waals surface area contributed by atoms with E-state index in [-0.39, 0.29) is 17.9 Å². The second-order valence-corrected chi connectivity index (χ2v) is 5.92. The summed E-state index contributed by atoms with van der Waals surface area (Å²) < 4.78 is 32.9. The summed E-state index contributed by atoms with van der Waals surface area (Å²) in [6, 6.07) is 12.2. The van der Waals surface area contributed by atoms with Gasteiger partial charge in [0.25, 0.3) is 0 Å². The van der Waals surface area contributed by atoms with Crippen LogP contribution in [0.5, 0.6) is 0 Å². The number of hydrogen-bond donors (Lipinski definition) is 1. The molecule has 27 heavy (non-hydrogen) atoms. The summed E-state index contributed by atoms with van der Waals surface area (Å²) in [5, 5.41) is 3.10. The van der Waals surface area contributed by atoms with Crippen molar-refractivity contribution in [2.24, 2.45) is 0 Å². The summed E-state index contributed by atoms with van der Waals surface area (Å²) in [7, 11) is 0. The Labute approximate surface area is 155 Å². The Morgan fingerprint density at radius 3 is 2.48 bits per heavy atom. The number of rotatable bonds is 5. The Balaban J connectivity index is 1.89. The second kappa shape index (κ2) is 7.95. The molecule has 1 N–H and O–H groups in total. The van der Waals surface area contributed by atoms with Gasteiger partial charge >= 0.3 is 5.97 Å². The van der Waals surface area contributed by atoms with Crippen molar-refractivity contribution in [2.75, 3.05) is 11.9 Å². The normalized spacial score (nSPS) is 10.5. The molecule has 1 aromatic heterocycles. The number of esters is 1. The number of nitrogens with one attached hydrogen (secondary N) is 1. The van der Waals surface area contributed by atoms with Crippen molar-refractivity contribution < 1.29 is 18.3 Å². The smallest absolute Gasteiger partial charge is 0.340 e. The van der Waals surface area contributed by atoms with Gasteiger partial charge in [0.15, 0.2) is 0 Å². The molecule has 0 atom stereocenters. The third-order valence-corrected chi connectivity index (χ3v) is 3.93. The number of halogens is 2. The molecule has 0 fully saturated rings. The SMILES string of the molecule is CCOC(=O)c1cc(C)ccc1Nc1ccc(-c2c(F)cccc2F)nc1. The first-order valence-electron chi connectivity index (χ1n) is 8.45. The number of pyridine rings is 1. The van der Waals surface area contributed by atoms with E-state index >= 15 is 0 Å². The van der Waals surface area contributed by atoms with Crippen LogP contribution in [-0.2, 0) is 4.74 Å². The highest BCUT2D eigenvalue weighted by Gasteiger charge is 2.15. The van der Waals surface area contributed by atoms with Gasteiger partial charge in [-0.15, -0.1) is 0 Å². The van der Waals surface area contributed by atoms with Gasteiger partial charge in [0.05, 0.1) is 41.0 Å². The third kappa shape index (κ3) is 4.11. The minimum absolute atomic E-state index is 0.174. The van der Waals surface area contributed by atoms with Crippen LogP contribution in [0.2, 0.25) is 0 Å². The minimum Gasteiger partial charge on any atom is -0.462 e. The van der Waals surface area contributed by atoms with Gasteiger partial charge in [-0.25, -0.2) is 13.6 Å². The zero-order valence-electron chi connectivity index (χ0n) is 14.9. The number of benzene rings is 2. The summed E-state index contributed by atoms with van der Waals surface area (Å²) in [5.41, 5.74) is 2.47. The predicted molar refractivity (Wildman–Crippen MR) is 100 cm³/mol. The fraction of sp³-hybridized carbons (Fsp3) is 0.143. The van der Waals surface area contributed by atoms with Crippen LogP contribution in [0.15, 0.2) is 54.7 Å². The van der Waals surface area contributed by atoms with Gasteiger partial charge < -0.3 is 10.1 Å². The molecule has 4 nitrogen and oxygen atoms in total. The van der Waals surface area contributed by atoms with Gasteiger partial charge in [-0.1, -0.05) is 17.7 Å². The molecule has 2 aromatic carbocycles. The fourth-order valence-corrected chi connectivity index (χ4v) is 2.66. The molecule has 6 heteroatoms. The van der Waals surface area contributed by atoms with E-state index in [0.717, 1.165) is 5.56 Å². The molecule has 0 saturated carbocycles.